The summed E-state index contributed by atoms with van der Waals surface area (Å²) in [5.74, 6) is -1.62. The Morgan fingerprint density at radius 3 is 2.60 bits per heavy atom. The highest BCUT2D eigenvalue weighted by molar-refractivity contribution is 7.22. The molecule has 1 aliphatic heterocycles. The van der Waals surface area contributed by atoms with Crippen molar-refractivity contribution in [1.29, 1.82) is 0 Å². The quantitative estimate of drug-likeness (QED) is 0.533. The molecule has 0 radical (unpaired) electrons. The van der Waals surface area contributed by atoms with Crippen LogP contribution in [0, 0.1) is 11.6 Å². The van der Waals surface area contributed by atoms with Crippen LogP contribution < -0.4 is 4.90 Å². The van der Waals surface area contributed by atoms with Crippen LogP contribution in [0.4, 0.5) is 13.9 Å². The van der Waals surface area contributed by atoms with Crippen molar-refractivity contribution in [1.82, 2.24) is 4.98 Å². The fourth-order valence-electron chi connectivity index (χ4n) is 3.57. The molecule has 1 amide bonds. The van der Waals surface area contributed by atoms with E-state index in [0.717, 1.165) is 35.8 Å². The first kappa shape index (κ1) is 20.9. The Bertz CT molecular complexity index is 1070. The van der Waals surface area contributed by atoms with Gasteiger partial charge in [-0.2, -0.15) is 0 Å². The molecule has 30 heavy (non-hydrogen) atoms. The van der Waals surface area contributed by atoms with E-state index < -0.39 is 11.6 Å². The van der Waals surface area contributed by atoms with Gasteiger partial charge in [0.25, 0.3) is 5.91 Å². The summed E-state index contributed by atoms with van der Waals surface area (Å²) in [7, 11) is 0. The van der Waals surface area contributed by atoms with Crippen molar-refractivity contribution in [3.63, 3.8) is 0 Å². The molecule has 0 spiro atoms. The van der Waals surface area contributed by atoms with Crippen molar-refractivity contribution in [2.75, 3.05) is 18.1 Å². The average Bonchev–Trinajstić information content (AvgIpc) is 3.34. The highest BCUT2D eigenvalue weighted by atomic mass is 32.1. The lowest BCUT2D eigenvalue weighted by atomic mass is 9.86. The van der Waals surface area contributed by atoms with E-state index >= 15 is 0 Å². The molecular weight excluding hydrogens is 406 g/mol. The number of aromatic nitrogens is 1. The molecule has 4 rings (SSSR count). The largest absolute Gasteiger partial charge is 0.376 e. The third-order valence-electron chi connectivity index (χ3n) is 5.29. The van der Waals surface area contributed by atoms with Gasteiger partial charge in [-0.1, -0.05) is 44.2 Å². The number of nitrogens with zero attached hydrogens (tertiary/aromatic N) is 2. The number of benzene rings is 2. The molecule has 0 aliphatic carbocycles. The van der Waals surface area contributed by atoms with Gasteiger partial charge in [-0.25, -0.2) is 13.8 Å². The number of hydrogen-bond donors (Lipinski definition) is 0. The normalized spacial score (nSPS) is 16.9. The van der Waals surface area contributed by atoms with Crippen LogP contribution in [-0.4, -0.2) is 30.1 Å². The molecular formula is C23H24F2N2O2S. The highest BCUT2D eigenvalue weighted by Gasteiger charge is 2.28. The molecule has 2 aromatic carbocycles. The number of rotatable bonds is 4. The fraction of sp³-hybridized carbons (Fsp3) is 0.391. The van der Waals surface area contributed by atoms with Gasteiger partial charge in [0.05, 0.1) is 17.3 Å². The summed E-state index contributed by atoms with van der Waals surface area (Å²) in [6.07, 6.45) is 1.68. The van der Waals surface area contributed by atoms with Crippen molar-refractivity contribution < 1.29 is 18.3 Å². The lowest BCUT2D eigenvalue weighted by Gasteiger charge is -2.24. The maximum Gasteiger partial charge on any atom is 0.260 e. The summed E-state index contributed by atoms with van der Waals surface area (Å²) in [5.41, 5.74) is 1.70. The summed E-state index contributed by atoms with van der Waals surface area (Å²) in [5, 5.41) is 0.342. The van der Waals surface area contributed by atoms with E-state index in [1.165, 1.54) is 11.0 Å². The molecule has 1 aliphatic rings. The third kappa shape index (κ3) is 4.23. The van der Waals surface area contributed by atoms with Gasteiger partial charge >= 0.3 is 0 Å². The molecule has 0 N–H and O–H groups in total. The summed E-state index contributed by atoms with van der Waals surface area (Å²) >= 11 is 1.11. The van der Waals surface area contributed by atoms with Crippen LogP contribution >= 0.6 is 11.3 Å². The molecule has 0 saturated carbocycles. The number of carbonyl (C=O) groups excluding carboxylic acids is 1. The zero-order chi connectivity index (χ0) is 21.5. The maximum atomic E-state index is 14.2. The molecule has 3 aromatic rings. The predicted octanol–water partition coefficient (Wildman–Crippen LogP) is 5.70. The SMILES string of the molecule is CC(C)(C)c1ccc(C(=O)N(CC2CCCO2)c2nc3c(F)cc(F)cc3s2)cc1. The van der Waals surface area contributed by atoms with E-state index in [1.807, 2.05) is 12.1 Å². The topological polar surface area (TPSA) is 42.4 Å². The molecule has 1 aromatic heterocycles. The van der Waals surface area contributed by atoms with Crippen molar-refractivity contribution >= 4 is 32.6 Å². The highest BCUT2D eigenvalue weighted by Crippen LogP contribution is 2.33. The second kappa shape index (κ2) is 8.04. The third-order valence-corrected chi connectivity index (χ3v) is 6.31. The van der Waals surface area contributed by atoms with Gasteiger partial charge in [0.2, 0.25) is 0 Å². The Morgan fingerprint density at radius 1 is 1.23 bits per heavy atom. The number of halogens is 2. The Balaban J connectivity index is 1.71. The Labute approximate surface area is 178 Å². The Kier molecular flexibility index (Phi) is 5.59. The first-order valence-corrected chi connectivity index (χ1v) is 10.8. The van der Waals surface area contributed by atoms with Gasteiger partial charge in [0.1, 0.15) is 11.3 Å². The molecule has 0 bridgehead atoms. The molecule has 4 nitrogen and oxygen atoms in total. The number of amides is 1. The van der Waals surface area contributed by atoms with Crippen LogP contribution in [0.3, 0.4) is 0 Å². The minimum absolute atomic E-state index is 0.0203. The minimum Gasteiger partial charge on any atom is -0.376 e. The molecule has 1 saturated heterocycles. The Hall–Kier alpha value is -2.38. The van der Waals surface area contributed by atoms with Crippen LogP contribution in [-0.2, 0) is 10.2 Å². The summed E-state index contributed by atoms with van der Waals surface area (Å²) in [6, 6.07) is 9.56. The number of thiazole rings is 1. The summed E-state index contributed by atoms with van der Waals surface area (Å²) in [6.45, 7) is 7.32. The minimum atomic E-state index is -0.730. The second-order valence-electron chi connectivity index (χ2n) is 8.61. The zero-order valence-corrected chi connectivity index (χ0v) is 18.1. The monoisotopic (exact) mass is 430 g/mol. The van der Waals surface area contributed by atoms with E-state index in [-0.39, 0.29) is 22.9 Å². The number of fused-ring (bicyclic) bond motifs is 1. The van der Waals surface area contributed by atoms with Crippen molar-refractivity contribution in [2.24, 2.45) is 0 Å². The van der Waals surface area contributed by atoms with Crippen LogP contribution in [0.2, 0.25) is 0 Å². The van der Waals surface area contributed by atoms with Crippen LogP contribution in [0.1, 0.15) is 49.5 Å². The molecule has 1 unspecified atom stereocenters. The number of ether oxygens (including phenoxy) is 1. The van der Waals surface area contributed by atoms with Crippen molar-refractivity contribution in [2.45, 2.75) is 45.1 Å². The Morgan fingerprint density at radius 2 is 1.97 bits per heavy atom. The second-order valence-corrected chi connectivity index (χ2v) is 9.62. The van der Waals surface area contributed by atoms with Crippen LogP contribution in [0.15, 0.2) is 36.4 Å². The van der Waals surface area contributed by atoms with E-state index in [9.17, 15) is 13.6 Å². The molecule has 158 valence electrons. The van der Waals surface area contributed by atoms with Gasteiger partial charge in [-0.05, 0) is 42.0 Å². The van der Waals surface area contributed by atoms with E-state index in [0.29, 0.717) is 28.5 Å². The van der Waals surface area contributed by atoms with Crippen molar-refractivity contribution in [3.8, 4) is 0 Å². The van der Waals surface area contributed by atoms with Gasteiger partial charge in [0.15, 0.2) is 10.9 Å². The molecule has 1 atom stereocenters. The fourth-order valence-corrected chi connectivity index (χ4v) is 4.58. The smallest absolute Gasteiger partial charge is 0.260 e. The first-order valence-electron chi connectivity index (χ1n) is 10.0. The lowest BCUT2D eigenvalue weighted by Crippen LogP contribution is -2.37. The number of anilines is 1. The van der Waals surface area contributed by atoms with Crippen molar-refractivity contribution in [3.05, 3.63) is 59.2 Å². The van der Waals surface area contributed by atoms with Crippen LogP contribution in [0.25, 0.3) is 10.2 Å². The maximum absolute atomic E-state index is 14.2. The first-order chi connectivity index (χ1) is 14.2. The van der Waals surface area contributed by atoms with Gasteiger partial charge in [0, 0.05) is 18.2 Å². The average molecular weight is 431 g/mol. The van der Waals surface area contributed by atoms with Gasteiger partial charge in [-0.15, -0.1) is 0 Å². The standard InChI is InChI=1S/C23H24F2N2O2S/c1-23(2,3)15-8-6-14(7-9-15)21(28)27(13-17-5-4-10-29-17)22-26-20-18(25)11-16(24)12-19(20)30-22/h6-9,11-12,17H,4-5,10,13H2,1-3H3. The lowest BCUT2D eigenvalue weighted by molar-refractivity contribution is 0.0917. The molecule has 1 fully saturated rings. The van der Waals surface area contributed by atoms with Crippen LogP contribution in [0.5, 0.6) is 0 Å². The number of hydrogen-bond acceptors (Lipinski definition) is 4. The molecule has 2 heterocycles. The number of carbonyl (C=O) groups is 1. The summed E-state index contributed by atoms with van der Waals surface area (Å²) in [4.78, 5) is 19.2. The summed E-state index contributed by atoms with van der Waals surface area (Å²) < 4.78 is 33.9. The predicted molar refractivity (Wildman–Crippen MR) is 115 cm³/mol. The van der Waals surface area contributed by atoms with Gasteiger partial charge in [-0.3, -0.25) is 9.69 Å². The van der Waals surface area contributed by atoms with Gasteiger partial charge < -0.3 is 4.74 Å². The zero-order valence-electron chi connectivity index (χ0n) is 17.2. The van der Waals surface area contributed by atoms with E-state index in [1.54, 1.807) is 12.1 Å². The van der Waals surface area contributed by atoms with E-state index in [2.05, 4.69) is 25.8 Å². The van der Waals surface area contributed by atoms with E-state index in [4.69, 9.17) is 4.74 Å². The molecule has 7 heteroatoms.